The molecule has 0 spiro atoms. The monoisotopic (exact) mass is 314 g/mol. The van der Waals surface area contributed by atoms with Crippen molar-refractivity contribution >= 4 is 11.6 Å². The number of ether oxygens (including phenoxy) is 1. The molecule has 1 aromatic heterocycles. The highest BCUT2D eigenvalue weighted by molar-refractivity contribution is 6.31. The quantitative estimate of drug-likeness (QED) is 0.835. The Morgan fingerprint density at radius 3 is 2.67 bits per heavy atom. The van der Waals surface area contributed by atoms with Gasteiger partial charge in [0.25, 0.3) is 0 Å². The molecule has 1 fully saturated rings. The maximum atomic E-state index is 6.43. The van der Waals surface area contributed by atoms with Crippen molar-refractivity contribution in [2.75, 3.05) is 32.8 Å². The second-order valence-electron chi connectivity index (χ2n) is 5.57. The van der Waals surface area contributed by atoms with Crippen LogP contribution in [0.5, 0.6) is 0 Å². The van der Waals surface area contributed by atoms with Gasteiger partial charge in [0.15, 0.2) is 0 Å². The summed E-state index contributed by atoms with van der Waals surface area (Å²) in [7, 11) is 0. The summed E-state index contributed by atoms with van der Waals surface area (Å²) in [5.74, 6) is 0. The Bertz CT molecular complexity index is 443. The molecule has 2 rings (SSSR count). The molecule has 1 aliphatic rings. The summed E-state index contributed by atoms with van der Waals surface area (Å²) in [6.45, 7) is 12.8. The van der Waals surface area contributed by atoms with Gasteiger partial charge in [-0.05, 0) is 20.3 Å². The molecule has 120 valence electrons. The number of nitrogens with one attached hydrogen (secondary N) is 1. The molecule has 0 bridgehead atoms. The van der Waals surface area contributed by atoms with Crippen LogP contribution in [-0.2, 0) is 24.2 Å². The molecule has 21 heavy (non-hydrogen) atoms. The number of rotatable bonds is 7. The topological polar surface area (TPSA) is 42.3 Å². The molecule has 1 atom stereocenters. The van der Waals surface area contributed by atoms with Gasteiger partial charge in [0.05, 0.1) is 29.6 Å². The van der Waals surface area contributed by atoms with Gasteiger partial charge in [-0.1, -0.05) is 18.5 Å². The largest absolute Gasteiger partial charge is 0.379 e. The van der Waals surface area contributed by atoms with Gasteiger partial charge in [-0.3, -0.25) is 9.58 Å². The molecule has 0 amide bonds. The fourth-order valence-corrected chi connectivity index (χ4v) is 3.03. The van der Waals surface area contributed by atoms with Gasteiger partial charge in [0, 0.05) is 38.8 Å². The van der Waals surface area contributed by atoms with Gasteiger partial charge in [-0.2, -0.15) is 5.10 Å². The lowest BCUT2D eigenvalue weighted by Gasteiger charge is -2.29. The Balaban J connectivity index is 1.88. The van der Waals surface area contributed by atoms with Crippen molar-refractivity contribution in [3.8, 4) is 0 Å². The van der Waals surface area contributed by atoms with Crippen LogP contribution in [0.15, 0.2) is 0 Å². The van der Waals surface area contributed by atoms with Crippen molar-refractivity contribution in [2.24, 2.45) is 0 Å². The summed E-state index contributed by atoms with van der Waals surface area (Å²) in [5.41, 5.74) is 2.10. The van der Waals surface area contributed by atoms with E-state index in [4.69, 9.17) is 16.3 Å². The van der Waals surface area contributed by atoms with E-state index in [0.717, 1.165) is 68.8 Å². The fraction of sp³-hybridized carbons (Fsp3) is 0.800. The van der Waals surface area contributed by atoms with E-state index in [1.807, 2.05) is 4.68 Å². The van der Waals surface area contributed by atoms with Crippen LogP contribution < -0.4 is 5.32 Å². The van der Waals surface area contributed by atoms with E-state index >= 15 is 0 Å². The smallest absolute Gasteiger partial charge is 0.0863 e. The van der Waals surface area contributed by atoms with E-state index in [-0.39, 0.29) is 0 Å². The minimum absolute atomic E-state index is 0.421. The van der Waals surface area contributed by atoms with Crippen LogP contribution in [0.2, 0.25) is 5.02 Å². The summed E-state index contributed by atoms with van der Waals surface area (Å²) >= 11 is 6.43. The molecule has 1 N–H and O–H groups in total. The second-order valence-corrected chi connectivity index (χ2v) is 5.95. The number of hydrogen-bond acceptors (Lipinski definition) is 4. The third-order valence-corrected chi connectivity index (χ3v) is 4.38. The molecule has 0 radical (unpaired) electrons. The highest BCUT2D eigenvalue weighted by Gasteiger charge is 2.17. The highest BCUT2D eigenvalue weighted by Crippen LogP contribution is 2.21. The summed E-state index contributed by atoms with van der Waals surface area (Å²) < 4.78 is 7.39. The van der Waals surface area contributed by atoms with E-state index in [1.165, 1.54) is 0 Å². The minimum atomic E-state index is 0.421. The predicted molar refractivity (Wildman–Crippen MR) is 85.8 cm³/mol. The van der Waals surface area contributed by atoms with Gasteiger partial charge in [0.2, 0.25) is 0 Å². The van der Waals surface area contributed by atoms with Crippen molar-refractivity contribution in [3.05, 3.63) is 16.4 Å². The molecule has 1 unspecified atom stereocenters. The Morgan fingerprint density at radius 2 is 2.05 bits per heavy atom. The Morgan fingerprint density at radius 1 is 1.33 bits per heavy atom. The first-order chi connectivity index (χ1) is 10.2. The number of nitrogens with zero attached hydrogens (tertiary/aromatic N) is 3. The van der Waals surface area contributed by atoms with Crippen LogP contribution in [0.1, 0.15) is 32.2 Å². The Kier molecular flexibility index (Phi) is 6.48. The van der Waals surface area contributed by atoms with Gasteiger partial charge in [-0.15, -0.1) is 0 Å². The molecule has 5 nitrogen and oxygen atoms in total. The maximum absolute atomic E-state index is 6.43. The summed E-state index contributed by atoms with van der Waals surface area (Å²) in [5, 5.41) is 8.95. The van der Waals surface area contributed by atoms with Crippen molar-refractivity contribution < 1.29 is 4.74 Å². The van der Waals surface area contributed by atoms with E-state index in [2.05, 4.69) is 36.1 Å². The Hall–Kier alpha value is -0.620. The molecule has 6 heteroatoms. The lowest BCUT2D eigenvalue weighted by molar-refractivity contribution is 0.0343. The molecule has 2 heterocycles. The van der Waals surface area contributed by atoms with Gasteiger partial charge < -0.3 is 10.1 Å². The molecular formula is C15H27ClN4O. The molecular weight excluding hydrogens is 288 g/mol. The number of hydrogen-bond donors (Lipinski definition) is 1. The number of aryl methyl sites for hydroxylation is 2. The highest BCUT2D eigenvalue weighted by atomic mass is 35.5. The lowest BCUT2D eigenvalue weighted by atomic mass is 10.2. The summed E-state index contributed by atoms with van der Waals surface area (Å²) in [6, 6.07) is 0.421. The first-order valence-corrected chi connectivity index (χ1v) is 8.31. The number of aromatic nitrogens is 2. The van der Waals surface area contributed by atoms with E-state index in [1.54, 1.807) is 0 Å². The molecule has 1 aromatic rings. The van der Waals surface area contributed by atoms with Gasteiger partial charge >= 0.3 is 0 Å². The fourth-order valence-electron chi connectivity index (χ4n) is 2.69. The molecule has 1 saturated heterocycles. The average molecular weight is 315 g/mol. The SMILES string of the molecule is CCc1nn(CC)c(CNC(C)CN2CCOCC2)c1Cl. The van der Waals surface area contributed by atoms with E-state index in [9.17, 15) is 0 Å². The first-order valence-electron chi connectivity index (χ1n) is 7.93. The van der Waals surface area contributed by atoms with Crippen LogP contribution in [0, 0.1) is 0 Å². The third-order valence-electron chi connectivity index (χ3n) is 3.95. The van der Waals surface area contributed by atoms with Crippen molar-refractivity contribution in [2.45, 2.75) is 46.3 Å². The zero-order valence-corrected chi connectivity index (χ0v) is 14.1. The number of morpholine rings is 1. The van der Waals surface area contributed by atoms with Gasteiger partial charge in [-0.25, -0.2) is 0 Å². The van der Waals surface area contributed by atoms with Crippen molar-refractivity contribution in [1.29, 1.82) is 0 Å². The van der Waals surface area contributed by atoms with Crippen LogP contribution >= 0.6 is 11.6 Å². The van der Waals surface area contributed by atoms with Gasteiger partial charge in [0.1, 0.15) is 0 Å². The number of halogens is 1. The summed E-state index contributed by atoms with van der Waals surface area (Å²) in [4.78, 5) is 2.44. The predicted octanol–water partition coefficient (Wildman–Crippen LogP) is 1.93. The molecule has 0 aromatic carbocycles. The van der Waals surface area contributed by atoms with Crippen molar-refractivity contribution in [3.63, 3.8) is 0 Å². The van der Waals surface area contributed by atoms with Crippen LogP contribution in [0.25, 0.3) is 0 Å². The molecule has 0 saturated carbocycles. The maximum Gasteiger partial charge on any atom is 0.0863 e. The average Bonchev–Trinajstić information content (AvgIpc) is 2.81. The zero-order chi connectivity index (χ0) is 15.2. The third kappa shape index (κ3) is 4.42. The Labute approximate surface area is 132 Å². The molecule has 1 aliphatic heterocycles. The standard InChI is InChI=1S/C15H27ClN4O/c1-4-13-15(16)14(20(5-2)18-13)10-17-12(3)11-19-6-8-21-9-7-19/h12,17H,4-11H2,1-3H3. The normalized spacial score (nSPS) is 18.1. The first kappa shape index (κ1) is 16.7. The second kappa shape index (κ2) is 8.13. The molecule has 0 aliphatic carbocycles. The minimum Gasteiger partial charge on any atom is -0.379 e. The van der Waals surface area contributed by atoms with Crippen molar-refractivity contribution in [1.82, 2.24) is 20.0 Å². The van der Waals surface area contributed by atoms with Crippen LogP contribution in [0.3, 0.4) is 0 Å². The van der Waals surface area contributed by atoms with E-state index in [0.29, 0.717) is 6.04 Å². The van der Waals surface area contributed by atoms with E-state index < -0.39 is 0 Å². The zero-order valence-electron chi connectivity index (χ0n) is 13.4. The van der Waals surface area contributed by atoms with Crippen LogP contribution in [-0.4, -0.2) is 53.6 Å². The summed E-state index contributed by atoms with van der Waals surface area (Å²) in [6.07, 6.45) is 0.877. The van der Waals surface area contributed by atoms with Crippen LogP contribution in [0.4, 0.5) is 0 Å². The lowest BCUT2D eigenvalue weighted by Crippen LogP contribution is -2.44.